The van der Waals surface area contributed by atoms with E-state index >= 15 is 0 Å². The number of hydrogen-bond donors (Lipinski definition) is 2. The molecule has 0 aliphatic rings. The number of hydrogen-bond acceptors (Lipinski definition) is 2. The van der Waals surface area contributed by atoms with Crippen molar-refractivity contribution in [3.8, 4) is 0 Å². The number of rotatable bonds is 4. The minimum atomic E-state index is -1.00. The second kappa shape index (κ2) is 5.27. The Kier molecular flexibility index (Phi) is 3.53. The second-order valence-electron chi connectivity index (χ2n) is 3.96. The molecule has 0 aliphatic heterocycles. The van der Waals surface area contributed by atoms with E-state index in [-0.39, 0.29) is 5.71 Å². The number of carboxylic acids is 1. The van der Waals surface area contributed by atoms with Crippen molar-refractivity contribution in [2.45, 2.75) is 5.92 Å². The van der Waals surface area contributed by atoms with Crippen molar-refractivity contribution in [3.05, 3.63) is 71.8 Å². The van der Waals surface area contributed by atoms with Crippen LogP contribution in [0.4, 0.5) is 0 Å². The molecule has 90 valence electrons. The average Bonchev–Trinajstić information content (AvgIpc) is 2.40. The lowest BCUT2D eigenvalue weighted by Gasteiger charge is -2.14. The predicted octanol–water partition coefficient (Wildman–Crippen LogP) is 2.92. The Morgan fingerprint density at radius 1 is 0.944 bits per heavy atom. The second-order valence-corrected chi connectivity index (χ2v) is 3.96. The van der Waals surface area contributed by atoms with Gasteiger partial charge in [-0.15, -0.1) is 0 Å². The van der Waals surface area contributed by atoms with Crippen LogP contribution in [0.15, 0.2) is 60.7 Å². The molecule has 0 bridgehead atoms. The van der Waals surface area contributed by atoms with Gasteiger partial charge in [0.2, 0.25) is 0 Å². The molecule has 18 heavy (non-hydrogen) atoms. The van der Waals surface area contributed by atoms with Crippen molar-refractivity contribution in [1.82, 2.24) is 0 Å². The van der Waals surface area contributed by atoms with Gasteiger partial charge in [0.25, 0.3) is 0 Å². The Morgan fingerprint density at radius 3 is 1.94 bits per heavy atom. The molecule has 2 rings (SSSR count). The van der Waals surface area contributed by atoms with Gasteiger partial charge in [-0.25, -0.2) is 0 Å². The fourth-order valence-corrected chi connectivity index (χ4v) is 1.86. The molecule has 0 saturated heterocycles. The minimum absolute atomic E-state index is 0.106. The lowest BCUT2D eigenvalue weighted by Crippen LogP contribution is -2.21. The summed E-state index contributed by atoms with van der Waals surface area (Å²) in [6.45, 7) is 0. The van der Waals surface area contributed by atoms with Gasteiger partial charge >= 0.3 is 5.97 Å². The van der Waals surface area contributed by atoms with Gasteiger partial charge in [0.05, 0.1) is 5.71 Å². The molecule has 2 aromatic rings. The monoisotopic (exact) mass is 239 g/mol. The molecule has 0 aromatic heterocycles. The number of aliphatic carboxylic acids is 1. The summed E-state index contributed by atoms with van der Waals surface area (Å²) in [5, 5.41) is 17.4. The molecule has 3 heteroatoms. The van der Waals surface area contributed by atoms with Gasteiger partial charge in [0, 0.05) is 0 Å². The lowest BCUT2D eigenvalue weighted by atomic mass is 9.90. The van der Waals surface area contributed by atoms with Crippen LogP contribution in [0.5, 0.6) is 0 Å². The summed E-state index contributed by atoms with van der Waals surface area (Å²) in [5.74, 6) is -1.93. The number of carbonyl (C=O) groups is 1. The Bertz CT molecular complexity index is 549. The standard InChI is InChI=1S/C15H13NO2/c16-14(12-9-5-2-6-10-12)13(15(17)18)11-7-3-1-4-8-11/h1-10,13,16H,(H,17,18). The summed E-state index contributed by atoms with van der Waals surface area (Å²) in [5.41, 5.74) is 1.36. The van der Waals surface area contributed by atoms with Gasteiger partial charge in [-0.2, -0.15) is 0 Å². The summed E-state index contributed by atoms with van der Waals surface area (Å²) in [6.07, 6.45) is 0. The van der Waals surface area contributed by atoms with Crippen LogP contribution in [0.25, 0.3) is 0 Å². The molecule has 0 fully saturated rings. The van der Waals surface area contributed by atoms with Crippen LogP contribution in [-0.2, 0) is 4.79 Å². The summed E-state index contributed by atoms with van der Waals surface area (Å²) in [4.78, 5) is 11.4. The van der Waals surface area contributed by atoms with E-state index in [1.54, 1.807) is 48.5 Å². The molecule has 1 unspecified atom stereocenters. The predicted molar refractivity (Wildman–Crippen MR) is 70.1 cm³/mol. The smallest absolute Gasteiger partial charge is 0.317 e. The van der Waals surface area contributed by atoms with Crippen LogP contribution in [0.1, 0.15) is 17.0 Å². The zero-order valence-electron chi connectivity index (χ0n) is 9.71. The lowest BCUT2D eigenvalue weighted by molar-refractivity contribution is -0.137. The average molecular weight is 239 g/mol. The minimum Gasteiger partial charge on any atom is -0.480 e. The molecule has 2 N–H and O–H groups in total. The highest BCUT2D eigenvalue weighted by atomic mass is 16.4. The van der Waals surface area contributed by atoms with Crippen molar-refractivity contribution in [2.75, 3.05) is 0 Å². The number of benzene rings is 2. The van der Waals surface area contributed by atoms with Gasteiger partial charge in [0.1, 0.15) is 5.92 Å². The van der Waals surface area contributed by atoms with Gasteiger partial charge < -0.3 is 10.5 Å². The van der Waals surface area contributed by atoms with E-state index in [1.165, 1.54) is 0 Å². The molecule has 2 aromatic carbocycles. The van der Waals surface area contributed by atoms with Crippen molar-refractivity contribution in [2.24, 2.45) is 0 Å². The summed E-state index contributed by atoms with van der Waals surface area (Å²) < 4.78 is 0. The molecule has 1 atom stereocenters. The molecule has 0 spiro atoms. The van der Waals surface area contributed by atoms with Gasteiger partial charge in [-0.3, -0.25) is 4.79 Å². The van der Waals surface area contributed by atoms with Gasteiger partial charge in [0.15, 0.2) is 0 Å². The molecule has 0 saturated carbocycles. The van der Waals surface area contributed by atoms with E-state index < -0.39 is 11.9 Å². The highest BCUT2D eigenvalue weighted by molar-refractivity contribution is 6.13. The van der Waals surface area contributed by atoms with Crippen LogP contribution in [0.2, 0.25) is 0 Å². The fourth-order valence-electron chi connectivity index (χ4n) is 1.86. The first kappa shape index (κ1) is 12.0. The Hall–Kier alpha value is -2.42. The van der Waals surface area contributed by atoms with Crippen LogP contribution in [0, 0.1) is 5.41 Å². The maximum Gasteiger partial charge on any atom is 0.317 e. The number of nitrogens with one attached hydrogen (secondary N) is 1. The Labute approximate surface area is 105 Å². The SMILES string of the molecule is N=C(c1ccccc1)C(C(=O)O)c1ccccc1. The van der Waals surface area contributed by atoms with E-state index in [1.807, 2.05) is 12.1 Å². The molecule has 3 nitrogen and oxygen atoms in total. The van der Waals surface area contributed by atoms with E-state index in [0.717, 1.165) is 0 Å². The first-order chi connectivity index (χ1) is 8.70. The van der Waals surface area contributed by atoms with Gasteiger partial charge in [-0.1, -0.05) is 60.7 Å². The van der Waals surface area contributed by atoms with Crippen LogP contribution in [0.3, 0.4) is 0 Å². The molecule has 0 aliphatic carbocycles. The first-order valence-corrected chi connectivity index (χ1v) is 5.62. The van der Waals surface area contributed by atoms with Crippen molar-refractivity contribution in [1.29, 1.82) is 5.41 Å². The molecular weight excluding hydrogens is 226 g/mol. The topological polar surface area (TPSA) is 61.2 Å². The maximum absolute atomic E-state index is 11.4. The third kappa shape index (κ3) is 2.46. The van der Waals surface area contributed by atoms with E-state index in [9.17, 15) is 9.90 Å². The Balaban J connectivity index is 2.39. The zero-order valence-corrected chi connectivity index (χ0v) is 9.71. The third-order valence-electron chi connectivity index (χ3n) is 2.75. The highest BCUT2D eigenvalue weighted by Crippen LogP contribution is 2.21. The Morgan fingerprint density at radius 2 is 1.44 bits per heavy atom. The normalized spacial score (nSPS) is 11.8. The van der Waals surface area contributed by atoms with Crippen LogP contribution < -0.4 is 0 Å². The van der Waals surface area contributed by atoms with Crippen molar-refractivity contribution < 1.29 is 9.90 Å². The number of carboxylic acid groups (broad SMARTS) is 1. The van der Waals surface area contributed by atoms with E-state index in [2.05, 4.69) is 0 Å². The summed E-state index contributed by atoms with van der Waals surface area (Å²) in [6, 6.07) is 17.8. The zero-order chi connectivity index (χ0) is 13.0. The molecular formula is C15H13NO2. The summed E-state index contributed by atoms with van der Waals surface area (Å²) in [7, 11) is 0. The molecule has 0 amide bonds. The van der Waals surface area contributed by atoms with E-state index in [0.29, 0.717) is 11.1 Å². The molecule has 0 heterocycles. The quantitative estimate of drug-likeness (QED) is 0.806. The van der Waals surface area contributed by atoms with Crippen molar-refractivity contribution in [3.63, 3.8) is 0 Å². The molecule has 0 radical (unpaired) electrons. The maximum atomic E-state index is 11.4. The van der Waals surface area contributed by atoms with Crippen LogP contribution in [-0.4, -0.2) is 16.8 Å². The fraction of sp³-hybridized carbons (Fsp3) is 0.0667. The first-order valence-electron chi connectivity index (χ1n) is 5.62. The van der Waals surface area contributed by atoms with Crippen molar-refractivity contribution >= 4 is 11.7 Å². The highest BCUT2D eigenvalue weighted by Gasteiger charge is 2.25. The third-order valence-corrected chi connectivity index (χ3v) is 2.75. The van der Waals surface area contributed by atoms with Gasteiger partial charge in [-0.05, 0) is 11.1 Å². The summed E-state index contributed by atoms with van der Waals surface area (Å²) >= 11 is 0. The van der Waals surface area contributed by atoms with E-state index in [4.69, 9.17) is 5.41 Å². The van der Waals surface area contributed by atoms with Crippen LogP contribution >= 0.6 is 0 Å². The largest absolute Gasteiger partial charge is 0.480 e.